The topological polar surface area (TPSA) is 55.4 Å². The van der Waals surface area contributed by atoms with Gasteiger partial charge in [0.25, 0.3) is 0 Å². The molecule has 0 unspecified atom stereocenters. The summed E-state index contributed by atoms with van der Waals surface area (Å²) in [5.41, 5.74) is 0.551. The highest BCUT2D eigenvalue weighted by Gasteiger charge is 2.15. The summed E-state index contributed by atoms with van der Waals surface area (Å²) in [4.78, 5) is 23.6. The highest BCUT2D eigenvalue weighted by Crippen LogP contribution is 2.25. The number of carbonyl (C=O) groups excluding carboxylic acids is 2. The standard InChI is InChI=1S/C16H12Cl2FNO3/c1-23-16(22)9-5-6-12(18)14(7-9)20-15(21)8-10-11(17)3-2-4-13(10)19/h2-7H,8H2,1H3,(H,20,21). The molecule has 0 aliphatic heterocycles. The predicted octanol–water partition coefficient (Wildman–Crippen LogP) is 4.10. The van der Waals surface area contributed by atoms with Crippen LogP contribution < -0.4 is 5.32 Å². The van der Waals surface area contributed by atoms with Gasteiger partial charge in [0.05, 0.1) is 29.8 Å². The number of halogens is 3. The molecule has 23 heavy (non-hydrogen) atoms. The molecule has 1 amide bonds. The normalized spacial score (nSPS) is 10.3. The first-order valence-electron chi connectivity index (χ1n) is 6.53. The summed E-state index contributed by atoms with van der Waals surface area (Å²) in [5.74, 6) is -1.64. The first kappa shape index (κ1) is 17.2. The highest BCUT2D eigenvalue weighted by atomic mass is 35.5. The monoisotopic (exact) mass is 355 g/mol. The number of hydrogen-bond donors (Lipinski definition) is 1. The van der Waals surface area contributed by atoms with Crippen molar-refractivity contribution in [1.29, 1.82) is 0 Å². The van der Waals surface area contributed by atoms with Crippen molar-refractivity contribution in [2.75, 3.05) is 12.4 Å². The molecular formula is C16H12Cl2FNO3. The maximum atomic E-state index is 13.7. The number of nitrogens with one attached hydrogen (secondary N) is 1. The molecule has 2 aromatic carbocycles. The van der Waals surface area contributed by atoms with E-state index in [-0.39, 0.29) is 33.3 Å². The third-order valence-electron chi connectivity index (χ3n) is 3.06. The van der Waals surface area contributed by atoms with E-state index in [0.29, 0.717) is 0 Å². The molecule has 0 radical (unpaired) electrons. The van der Waals surface area contributed by atoms with E-state index < -0.39 is 17.7 Å². The van der Waals surface area contributed by atoms with Gasteiger partial charge in [-0.2, -0.15) is 0 Å². The Kier molecular flexibility index (Phi) is 5.58. The van der Waals surface area contributed by atoms with Crippen molar-refractivity contribution in [3.8, 4) is 0 Å². The summed E-state index contributed by atoms with van der Waals surface area (Å²) >= 11 is 11.9. The quantitative estimate of drug-likeness (QED) is 0.840. The van der Waals surface area contributed by atoms with Crippen LogP contribution in [0.25, 0.3) is 0 Å². The lowest BCUT2D eigenvalue weighted by Crippen LogP contribution is -2.16. The number of ether oxygens (including phenoxy) is 1. The van der Waals surface area contributed by atoms with E-state index in [2.05, 4.69) is 10.1 Å². The van der Waals surface area contributed by atoms with E-state index in [1.165, 1.54) is 43.5 Å². The number of methoxy groups -OCH3 is 1. The fourth-order valence-corrected chi connectivity index (χ4v) is 2.32. The summed E-state index contributed by atoms with van der Waals surface area (Å²) in [6.45, 7) is 0. The van der Waals surface area contributed by atoms with Crippen LogP contribution in [0.2, 0.25) is 10.0 Å². The molecule has 2 aromatic rings. The smallest absolute Gasteiger partial charge is 0.337 e. The number of amides is 1. The van der Waals surface area contributed by atoms with Crippen LogP contribution >= 0.6 is 23.2 Å². The largest absolute Gasteiger partial charge is 0.465 e. The van der Waals surface area contributed by atoms with Gasteiger partial charge < -0.3 is 10.1 Å². The van der Waals surface area contributed by atoms with E-state index in [1.54, 1.807) is 0 Å². The van der Waals surface area contributed by atoms with Gasteiger partial charge >= 0.3 is 5.97 Å². The van der Waals surface area contributed by atoms with E-state index in [0.717, 1.165) is 0 Å². The molecule has 7 heteroatoms. The molecular weight excluding hydrogens is 344 g/mol. The van der Waals surface area contributed by atoms with Gasteiger partial charge in [0.15, 0.2) is 0 Å². The number of anilines is 1. The number of rotatable bonds is 4. The van der Waals surface area contributed by atoms with Gasteiger partial charge in [0, 0.05) is 10.6 Å². The maximum Gasteiger partial charge on any atom is 0.337 e. The average Bonchev–Trinajstić information content (AvgIpc) is 2.52. The lowest BCUT2D eigenvalue weighted by atomic mass is 10.1. The van der Waals surface area contributed by atoms with Gasteiger partial charge in [0.2, 0.25) is 5.91 Å². The SMILES string of the molecule is COC(=O)c1ccc(Cl)c(NC(=O)Cc2c(F)cccc2Cl)c1. The van der Waals surface area contributed by atoms with E-state index >= 15 is 0 Å². The molecule has 0 atom stereocenters. The predicted molar refractivity (Wildman–Crippen MR) is 86.5 cm³/mol. The number of hydrogen-bond acceptors (Lipinski definition) is 3. The Morgan fingerprint density at radius 3 is 2.57 bits per heavy atom. The van der Waals surface area contributed by atoms with E-state index in [4.69, 9.17) is 23.2 Å². The minimum atomic E-state index is -0.568. The molecule has 0 bridgehead atoms. The Morgan fingerprint density at radius 2 is 1.91 bits per heavy atom. The summed E-state index contributed by atoms with van der Waals surface area (Å²) in [6, 6.07) is 8.49. The lowest BCUT2D eigenvalue weighted by Gasteiger charge is -2.10. The van der Waals surface area contributed by atoms with Crippen LogP contribution in [-0.2, 0) is 16.0 Å². The molecule has 0 aromatic heterocycles. The van der Waals surface area contributed by atoms with Crippen LogP contribution in [0.3, 0.4) is 0 Å². The zero-order valence-corrected chi connectivity index (χ0v) is 13.5. The zero-order chi connectivity index (χ0) is 17.0. The Bertz CT molecular complexity index is 745. The molecule has 2 rings (SSSR count). The molecule has 0 saturated heterocycles. The molecule has 0 aliphatic carbocycles. The van der Waals surface area contributed by atoms with Crippen molar-refractivity contribution in [3.63, 3.8) is 0 Å². The lowest BCUT2D eigenvalue weighted by molar-refractivity contribution is -0.115. The molecule has 0 fully saturated rings. The number of benzene rings is 2. The molecule has 120 valence electrons. The second-order valence-electron chi connectivity index (χ2n) is 4.61. The maximum absolute atomic E-state index is 13.7. The number of carbonyl (C=O) groups is 2. The Labute approximate surface area is 142 Å². The molecule has 1 N–H and O–H groups in total. The minimum absolute atomic E-state index is 0.0897. The summed E-state index contributed by atoms with van der Waals surface area (Å²) in [5, 5.41) is 2.93. The first-order chi connectivity index (χ1) is 10.9. The Balaban J connectivity index is 2.19. The van der Waals surface area contributed by atoms with Crippen LogP contribution in [0.4, 0.5) is 10.1 Å². The zero-order valence-electron chi connectivity index (χ0n) is 12.0. The molecule has 0 heterocycles. The van der Waals surface area contributed by atoms with Crippen molar-refractivity contribution in [2.24, 2.45) is 0 Å². The third-order valence-corrected chi connectivity index (χ3v) is 3.74. The van der Waals surface area contributed by atoms with E-state index in [9.17, 15) is 14.0 Å². The van der Waals surface area contributed by atoms with Gasteiger partial charge in [-0.25, -0.2) is 9.18 Å². The minimum Gasteiger partial charge on any atom is -0.465 e. The van der Waals surface area contributed by atoms with E-state index in [1.807, 2.05) is 0 Å². The van der Waals surface area contributed by atoms with Crippen molar-refractivity contribution in [1.82, 2.24) is 0 Å². The van der Waals surface area contributed by atoms with Crippen LogP contribution in [-0.4, -0.2) is 19.0 Å². The van der Waals surface area contributed by atoms with Crippen molar-refractivity contribution < 1.29 is 18.7 Å². The van der Waals surface area contributed by atoms with Gasteiger partial charge in [0.1, 0.15) is 5.82 Å². The summed E-state index contributed by atoms with van der Waals surface area (Å²) in [7, 11) is 1.25. The summed E-state index contributed by atoms with van der Waals surface area (Å²) in [6.07, 6.45) is -0.260. The summed E-state index contributed by atoms with van der Waals surface area (Å²) < 4.78 is 18.3. The third kappa shape index (κ3) is 4.21. The molecule has 0 saturated carbocycles. The van der Waals surface area contributed by atoms with Gasteiger partial charge in [-0.3, -0.25) is 4.79 Å². The van der Waals surface area contributed by atoms with Gasteiger partial charge in [-0.05, 0) is 30.3 Å². The highest BCUT2D eigenvalue weighted by molar-refractivity contribution is 6.34. The molecule has 0 spiro atoms. The second-order valence-corrected chi connectivity index (χ2v) is 5.43. The average molecular weight is 356 g/mol. The van der Waals surface area contributed by atoms with Crippen LogP contribution in [0.5, 0.6) is 0 Å². The Hall–Kier alpha value is -2.11. The van der Waals surface area contributed by atoms with Crippen molar-refractivity contribution >= 4 is 40.8 Å². The molecule has 0 aliphatic rings. The van der Waals surface area contributed by atoms with Crippen LogP contribution in [0.1, 0.15) is 15.9 Å². The Morgan fingerprint density at radius 1 is 1.17 bits per heavy atom. The fraction of sp³-hybridized carbons (Fsp3) is 0.125. The number of esters is 1. The van der Waals surface area contributed by atoms with Crippen LogP contribution in [0.15, 0.2) is 36.4 Å². The second kappa shape index (κ2) is 7.44. The molecule has 4 nitrogen and oxygen atoms in total. The fourth-order valence-electron chi connectivity index (χ4n) is 1.92. The van der Waals surface area contributed by atoms with Gasteiger partial charge in [-0.15, -0.1) is 0 Å². The first-order valence-corrected chi connectivity index (χ1v) is 7.28. The van der Waals surface area contributed by atoms with Crippen molar-refractivity contribution in [3.05, 3.63) is 63.4 Å². The van der Waals surface area contributed by atoms with Crippen molar-refractivity contribution in [2.45, 2.75) is 6.42 Å². The van der Waals surface area contributed by atoms with Crippen LogP contribution in [0, 0.1) is 5.82 Å². The van der Waals surface area contributed by atoms with Gasteiger partial charge in [-0.1, -0.05) is 29.3 Å².